The molecule has 0 aromatic rings. The van der Waals surface area contributed by atoms with Gasteiger partial charge in [-0.2, -0.15) is 0 Å². The predicted octanol–water partition coefficient (Wildman–Crippen LogP) is 1.90. The maximum absolute atomic E-state index is 12.0. The first-order valence-corrected chi connectivity index (χ1v) is 8.12. The van der Waals surface area contributed by atoms with E-state index in [0.29, 0.717) is 5.92 Å². The fourth-order valence-corrected chi connectivity index (χ4v) is 3.30. The third-order valence-electron chi connectivity index (χ3n) is 5.01. The molecule has 2 aliphatic rings. The second-order valence-corrected chi connectivity index (χ2v) is 7.26. The summed E-state index contributed by atoms with van der Waals surface area (Å²) in [5.41, 5.74) is 5.52. The van der Waals surface area contributed by atoms with Crippen LogP contribution in [-0.2, 0) is 9.59 Å². The summed E-state index contributed by atoms with van der Waals surface area (Å²) >= 11 is 0. The standard InChI is InChI=1S/C16H28N2O3/c1-10(2)12(11-3-4-11)5-6-16(7-8-16)18-15(21)13(17)9-14(19)20/h10-13H,3-9,17H2,1-2H3,(H,18,21)(H,19,20)/t12?,13-/m0/s1. The summed E-state index contributed by atoms with van der Waals surface area (Å²) < 4.78 is 0. The van der Waals surface area contributed by atoms with Gasteiger partial charge in [-0.3, -0.25) is 9.59 Å². The van der Waals surface area contributed by atoms with Crippen molar-refractivity contribution in [2.75, 3.05) is 0 Å². The fraction of sp³-hybridized carbons (Fsp3) is 0.875. The van der Waals surface area contributed by atoms with Gasteiger partial charge in [0.05, 0.1) is 12.5 Å². The molecular formula is C16H28N2O3. The summed E-state index contributed by atoms with van der Waals surface area (Å²) in [6.45, 7) is 4.56. The van der Waals surface area contributed by atoms with E-state index in [1.54, 1.807) is 0 Å². The van der Waals surface area contributed by atoms with Crippen molar-refractivity contribution in [3.05, 3.63) is 0 Å². The second kappa shape index (κ2) is 6.34. The van der Waals surface area contributed by atoms with Gasteiger partial charge in [-0.05, 0) is 56.3 Å². The molecule has 2 aliphatic carbocycles. The highest BCUT2D eigenvalue weighted by Crippen LogP contribution is 2.47. The van der Waals surface area contributed by atoms with Crippen LogP contribution in [0.1, 0.15) is 58.8 Å². The summed E-state index contributed by atoms with van der Waals surface area (Å²) in [4.78, 5) is 22.6. The number of nitrogens with one attached hydrogen (secondary N) is 1. The second-order valence-electron chi connectivity index (χ2n) is 7.26. The topological polar surface area (TPSA) is 92.4 Å². The molecule has 120 valence electrons. The molecule has 0 bridgehead atoms. The minimum Gasteiger partial charge on any atom is -0.481 e. The Hall–Kier alpha value is -1.10. The predicted molar refractivity (Wildman–Crippen MR) is 80.6 cm³/mol. The van der Waals surface area contributed by atoms with E-state index in [-0.39, 0.29) is 17.9 Å². The molecule has 2 rings (SSSR count). The monoisotopic (exact) mass is 296 g/mol. The van der Waals surface area contributed by atoms with Crippen LogP contribution in [0, 0.1) is 17.8 Å². The zero-order chi connectivity index (χ0) is 15.6. The van der Waals surface area contributed by atoms with E-state index in [9.17, 15) is 9.59 Å². The smallest absolute Gasteiger partial charge is 0.305 e. The summed E-state index contributed by atoms with van der Waals surface area (Å²) in [5.74, 6) is 0.981. The molecule has 21 heavy (non-hydrogen) atoms. The van der Waals surface area contributed by atoms with Crippen LogP contribution in [0.3, 0.4) is 0 Å². The quantitative estimate of drug-likeness (QED) is 0.606. The van der Waals surface area contributed by atoms with E-state index in [1.165, 1.54) is 12.8 Å². The number of rotatable bonds is 9. The van der Waals surface area contributed by atoms with Gasteiger partial charge in [-0.25, -0.2) is 0 Å². The normalized spacial score (nSPS) is 22.7. The number of carboxylic acid groups (broad SMARTS) is 1. The van der Waals surface area contributed by atoms with Gasteiger partial charge in [0.1, 0.15) is 0 Å². The Balaban J connectivity index is 1.79. The van der Waals surface area contributed by atoms with Crippen LogP contribution in [0.15, 0.2) is 0 Å². The van der Waals surface area contributed by atoms with E-state index in [4.69, 9.17) is 10.8 Å². The first-order valence-electron chi connectivity index (χ1n) is 8.12. The molecule has 5 heteroatoms. The van der Waals surface area contributed by atoms with E-state index in [2.05, 4.69) is 19.2 Å². The van der Waals surface area contributed by atoms with Gasteiger partial charge < -0.3 is 16.2 Å². The molecule has 2 saturated carbocycles. The maximum atomic E-state index is 12.0. The average Bonchev–Trinajstić information content (AvgIpc) is 3.25. The van der Waals surface area contributed by atoms with Gasteiger partial charge in [0.15, 0.2) is 0 Å². The minimum atomic E-state index is -1.03. The highest BCUT2D eigenvalue weighted by molar-refractivity contribution is 5.86. The van der Waals surface area contributed by atoms with Crippen molar-refractivity contribution in [1.29, 1.82) is 0 Å². The van der Waals surface area contributed by atoms with E-state index < -0.39 is 12.0 Å². The van der Waals surface area contributed by atoms with E-state index >= 15 is 0 Å². The Morgan fingerprint density at radius 1 is 1.33 bits per heavy atom. The molecule has 0 spiro atoms. The molecule has 2 atom stereocenters. The van der Waals surface area contributed by atoms with Crippen molar-refractivity contribution in [3.63, 3.8) is 0 Å². The Morgan fingerprint density at radius 3 is 2.38 bits per heavy atom. The molecule has 1 unspecified atom stereocenters. The first kappa shape index (κ1) is 16.3. The largest absolute Gasteiger partial charge is 0.481 e. The number of carboxylic acids is 1. The Labute approximate surface area is 126 Å². The molecule has 0 radical (unpaired) electrons. The highest BCUT2D eigenvalue weighted by atomic mass is 16.4. The number of carbonyl (C=O) groups excluding carboxylic acids is 1. The lowest BCUT2D eigenvalue weighted by Crippen LogP contribution is -2.47. The van der Waals surface area contributed by atoms with Crippen molar-refractivity contribution in [2.24, 2.45) is 23.5 Å². The van der Waals surface area contributed by atoms with Crippen LogP contribution in [0.25, 0.3) is 0 Å². The molecule has 1 amide bonds. The van der Waals surface area contributed by atoms with Crippen LogP contribution in [0.4, 0.5) is 0 Å². The zero-order valence-electron chi connectivity index (χ0n) is 13.1. The number of aliphatic carboxylic acids is 1. The Bertz CT molecular complexity index is 398. The number of amides is 1. The molecule has 0 aromatic carbocycles. The number of hydrogen-bond acceptors (Lipinski definition) is 3. The van der Waals surface area contributed by atoms with Crippen LogP contribution >= 0.6 is 0 Å². The molecule has 4 N–H and O–H groups in total. The Kier molecular flexibility index (Phi) is 4.91. The SMILES string of the molecule is CC(C)C(CCC1(NC(=O)[C@@H](N)CC(=O)O)CC1)C1CC1. The van der Waals surface area contributed by atoms with Gasteiger partial charge in [0, 0.05) is 5.54 Å². The minimum absolute atomic E-state index is 0.102. The van der Waals surface area contributed by atoms with Crippen LogP contribution in [0.5, 0.6) is 0 Å². The number of carbonyl (C=O) groups is 2. The summed E-state index contributed by atoms with van der Waals surface area (Å²) in [6.07, 6.45) is 6.53. The third-order valence-corrected chi connectivity index (χ3v) is 5.01. The highest BCUT2D eigenvalue weighted by Gasteiger charge is 2.45. The molecule has 0 saturated heterocycles. The van der Waals surface area contributed by atoms with Crippen molar-refractivity contribution in [2.45, 2.75) is 70.4 Å². The fourth-order valence-electron chi connectivity index (χ4n) is 3.30. The van der Waals surface area contributed by atoms with E-state index in [1.807, 2.05) is 0 Å². The van der Waals surface area contributed by atoms with Gasteiger partial charge in [-0.15, -0.1) is 0 Å². The van der Waals surface area contributed by atoms with Crippen molar-refractivity contribution in [1.82, 2.24) is 5.32 Å². The van der Waals surface area contributed by atoms with Gasteiger partial charge in [0.25, 0.3) is 0 Å². The number of hydrogen-bond donors (Lipinski definition) is 3. The van der Waals surface area contributed by atoms with Crippen LogP contribution in [-0.4, -0.2) is 28.6 Å². The lowest BCUT2D eigenvalue weighted by Gasteiger charge is -2.25. The molecule has 0 aromatic heterocycles. The molecule has 2 fully saturated rings. The zero-order valence-corrected chi connectivity index (χ0v) is 13.1. The number of nitrogens with two attached hydrogens (primary N) is 1. The lowest BCUT2D eigenvalue weighted by molar-refractivity contribution is -0.139. The van der Waals surface area contributed by atoms with E-state index in [0.717, 1.165) is 37.5 Å². The molecule has 5 nitrogen and oxygen atoms in total. The van der Waals surface area contributed by atoms with Crippen LogP contribution in [0.2, 0.25) is 0 Å². The summed E-state index contributed by atoms with van der Waals surface area (Å²) in [5, 5.41) is 11.7. The molecule has 0 aliphatic heterocycles. The van der Waals surface area contributed by atoms with Crippen molar-refractivity contribution in [3.8, 4) is 0 Å². The third kappa shape index (κ3) is 4.70. The van der Waals surface area contributed by atoms with Crippen LogP contribution < -0.4 is 11.1 Å². The maximum Gasteiger partial charge on any atom is 0.305 e. The van der Waals surface area contributed by atoms with Gasteiger partial charge in [-0.1, -0.05) is 13.8 Å². The molecular weight excluding hydrogens is 268 g/mol. The summed E-state index contributed by atoms with van der Waals surface area (Å²) in [6, 6.07) is -0.940. The first-order chi connectivity index (χ1) is 9.83. The average molecular weight is 296 g/mol. The van der Waals surface area contributed by atoms with Crippen molar-refractivity contribution >= 4 is 11.9 Å². The van der Waals surface area contributed by atoms with Gasteiger partial charge in [0.2, 0.25) is 5.91 Å². The molecule has 0 heterocycles. The lowest BCUT2D eigenvalue weighted by atomic mass is 9.85. The Morgan fingerprint density at radius 2 is 1.95 bits per heavy atom. The van der Waals surface area contributed by atoms with Crippen molar-refractivity contribution < 1.29 is 14.7 Å². The summed E-state index contributed by atoms with van der Waals surface area (Å²) in [7, 11) is 0. The van der Waals surface area contributed by atoms with Gasteiger partial charge >= 0.3 is 5.97 Å².